The molecule has 0 saturated heterocycles. The van der Waals surface area contributed by atoms with Gasteiger partial charge in [0.2, 0.25) is 0 Å². The minimum Gasteiger partial charge on any atom is -0.354 e. The summed E-state index contributed by atoms with van der Waals surface area (Å²) in [5.74, 6) is -0.252. The van der Waals surface area contributed by atoms with E-state index in [-0.39, 0.29) is 11.7 Å². The lowest BCUT2D eigenvalue weighted by molar-refractivity contribution is -0.110. The van der Waals surface area contributed by atoms with Gasteiger partial charge in [0.1, 0.15) is 0 Å². The second kappa shape index (κ2) is 7.85. The monoisotopic (exact) mass is 411 g/mol. The predicted octanol–water partition coefficient (Wildman–Crippen LogP) is 5.02. The third kappa shape index (κ3) is 4.13. The molecule has 31 heavy (non-hydrogen) atoms. The van der Waals surface area contributed by atoms with Gasteiger partial charge in [0.05, 0.1) is 11.3 Å². The van der Waals surface area contributed by atoms with Gasteiger partial charge >= 0.3 is 0 Å². The van der Waals surface area contributed by atoms with Gasteiger partial charge in [-0.1, -0.05) is 42.5 Å². The lowest BCUT2D eigenvalue weighted by Crippen LogP contribution is -2.28. The van der Waals surface area contributed by atoms with Crippen molar-refractivity contribution in [1.82, 2.24) is 0 Å². The lowest BCUT2D eigenvalue weighted by atomic mass is 9.95. The first-order chi connectivity index (χ1) is 14.7. The Hall–Kier alpha value is -3.70. The summed E-state index contributed by atoms with van der Waals surface area (Å²) in [6.45, 7) is 5.44. The minimum absolute atomic E-state index is 0.0456. The summed E-state index contributed by atoms with van der Waals surface area (Å²) < 4.78 is 0. The quantitative estimate of drug-likeness (QED) is 0.407. The summed E-state index contributed by atoms with van der Waals surface area (Å²) in [6.07, 6.45) is 0. The highest BCUT2D eigenvalue weighted by molar-refractivity contribution is 6.37. The van der Waals surface area contributed by atoms with Crippen molar-refractivity contribution in [2.45, 2.75) is 26.3 Å². The molecule has 4 N–H and O–H groups in total. The highest BCUT2D eigenvalue weighted by atomic mass is 16.2. The Labute approximate surface area is 182 Å². The van der Waals surface area contributed by atoms with Gasteiger partial charge in [0.25, 0.3) is 5.91 Å². The molecule has 3 aromatic rings. The van der Waals surface area contributed by atoms with E-state index < -0.39 is 5.54 Å². The zero-order valence-corrected chi connectivity index (χ0v) is 17.8. The number of anilines is 2. The van der Waals surface area contributed by atoms with Crippen molar-refractivity contribution in [1.29, 1.82) is 0 Å². The summed E-state index contributed by atoms with van der Waals surface area (Å²) >= 11 is 0. The number of rotatable bonds is 5. The number of carbonyl (C=O) groups excluding carboxylic acids is 2. The van der Waals surface area contributed by atoms with Crippen LogP contribution in [-0.2, 0) is 10.3 Å². The van der Waals surface area contributed by atoms with E-state index in [1.54, 1.807) is 18.2 Å². The number of nitrogens with two attached hydrogens (primary N) is 1. The van der Waals surface area contributed by atoms with Crippen molar-refractivity contribution < 1.29 is 9.59 Å². The second-order valence-electron chi connectivity index (χ2n) is 8.31. The van der Waals surface area contributed by atoms with Crippen LogP contribution in [0.5, 0.6) is 0 Å². The van der Waals surface area contributed by atoms with Gasteiger partial charge in [0, 0.05) is 28.0 Å². The topological polar surface area (TPSA) is 84.2 Å². The van der Waals surface area contributed by atoms with Crippen LogP contribution in [0.4, 0.5) is 11.4 Å². The molecule has 3 aromatic carbocycles. The van der Waals surface area contributed by atoms with Gasteiger partial charge in [-0.2, -0.15) is 0 Å². The third-order valence-corrected chi connectivity index (χ3v) is 5.38. The Balaban J connectivity index is 1.86. The van der Waals surface area contributed by atoms with Crippen LogP contribution >= 0.6 is 0 Å². The maximum atomic E-state index is 13.0. The molecule has 0 aliphatic carbocycles. The zero-order valence-electron chi connectivity index (χ0n) is 17.8. The molecule has 1 amide bonds. The van der Waals surface area contributed by atoms with Crippen LogP contribution in [0.3, 0.4) is 0 Å². The van der Waals surface area contributed by atoms with E-state index in [1.165, 1.54) is 6.92 Å². The number of carbonyl (C=O) groups is 2. The van der Waals surface area contributed by atoms with Crippen molar-refractivity contribution >= 4 is 34.3 Å². The summed E-state index contributed by atoms with van der Waals surface area (Å²) in [5, 5.41) is 6.34. The molecule has 0 radical (unpaired) electrons. The van der Waals surface area contributed by atoms with Gasteiger partial charge in [-0.3, -0.25) is 9.59 Å². The van der Waals surface area contributed by atoms with Crippen LogP contribution < -0.4 is 16.4 Å². The summed E-state index contributed by atoms with van der Waals surface area (Å²) in [6, 6.07) is 22.8. The number of hydrogen-bond acceptors (Lipinski definition) is 4. The molecule has 0 bridgehead atoms. The molecule has 156 valence electrons. The molecule has 0 atom stereocenters. The van der Waals surface area contributed by atoms with E-state index in [0.29, 0.717) is 28.1 Å². The molecule has 0 aromatic heterocycles. The Morgan fingerprint density at radius 1 is 0.935 bits per heavy atom. The van der Waals surface area contributed by atoms with Crippen molar-refractivity contribution in [2.75, 3.05) is 10.6 Å². The largest absolute Gasteiger partial charge is 0.354 e. The zero-order chi connectivity index (χ0) is 22.2. The molecule has 5 nitrogen and oxygen atoms in total. The first-order valence-electron chi connectivity index (χ1n) is 10.2. The normalized spacial score (nSPS) is 14.6. The summed E-state index contributed by atoms with van der Waals surface area (Å²) in [4.78, 5) is 24.9. The molecule has 0 unspecified atom stereocenters. The third-order valence-electron chi connectivity index (χ3n) is 5.38. The van der Waals surface area contributed by atoms with Crippen LogP contribution in [0.2, 0.25) is 0 Å². The van der Waals surface area contributed by atoms with Gasteiger partial charge in [-0.25, -0.2) is 0 Å². The minimum atomic E-state index is -0.438. The van der Waals surface area contributed by atoms with Crippen molar-refractivity contribution in [3.8, 4) is 0 Å². The number of amides is 1. The molecule has 1 aliphatic heterocycles. The van der Waals surface area contributed by atoms with E-state index in [4.69, 9.17) is 5.73 Å². The standard InChI is InChI=1S/C26H25N3O2/c1-16(30)18-9-14-22-21(15-18)23(25(31)29-22)24(17-7-5-4-6-8-17)28-20-12-10-19(11-13-20)26(2,3)27/h4-15,28H,27H2,1-3H3,(H,29,31)/b24-23+. The van der Waals surface area contributed by atoms with Crippen LogP contribution in [-0.4, -0.2) is 11.7 Å². The smallest absolute Gasteiger partial charge is 0.258 e. The average molecular weight is 412 g/mol. The molecule has 1 aliphatic rings. The molecular formula is C26H25N3O2. The summed E-state index contributed by atoms with van der Waals surface area (Å²) in [7, 11) is 0. The number of hydrogen-bond donors (Lipinski definition) is 3. The SMILES string of the molecule is CC(=O)c1ccc2c(c1)/C(=C(\Nc1ccc(C(C)(C)N)cc1)c1ccccc1)C(=O)N2. The lowest BCUT2D eigenvalue weighted by Gasteiger charge is -2.20. The van der Waals surface area contributed by atoms with E-state index in [2.05, 4.69) is 10.6 Å². The van der Waals surface area contributed by atoms with E-state index in [9.17, 15) is 9.59 Å². The van der Waals surface area contributed by atoms with Gasteiger partial charge in [-0.05, 0) is 62.2 Å². The predicted molar refractivity (Wildman–Crippen MR) is 126 cm³/mol. The van der Waals surface area contributed by atoms with Crippen LogP contribution in [0, 0.1) is 0 Å². The number of nitrogens with one attached hydrogen (secondary N) is 2. The Morgan fingerprint density at radius 2 is 1.61 bits per heavy atom. The molecule has 0 saturated carbocycles. The fraction of sp³-hybridized carbons (Fsp3) is 0.154. The maximum Gasteiger partial charge on any atom is 0.258 e. The molecule has 0 fully saturated rings. The number of fused-ring (bicyclic) bond motifs is 1. The van der Waals surface area contributed by atoms with E-state index in [0.717, 1.165) is 16.8 Å². The van der Waals surface area contributed by atoms with E-state index in [1.807, 2.05) is 68.4 Å². The Bertz CT molecular complexity index is 1190. The van der Waals surface area contributed by atoms with Crippen LogP contribution in [0.1, 0.15) is 47.8 Å². The maximum absolute atomic E-state index is 13.0. The second-order valence-corrected chi connectivity index (χ2v) is 8.31. The van der Waals surface area contributed by atoms with Crippen LogP contribution in [0.15, 0.2) is 72.8 Å². The van der Waals surface area contributed by atoms with Gasteiger partial charge in [-0.15, -0.1) is 0 Å². The molecule has 5 heteroatoms. The van der Waals surface area contributed by atoms with Crippen molar-refractivity contribution in [3.05, 3.63) is 95.1 Å². The van der Waals surface area contributed by atoms with Crippen LogP contribution in [0.25, 0.3) is 11.3 Å². The highest BCUT2D eigenvalue weighted by Crippen LogP contribution is 2.38. The first-order valence-corrected chi connectivity index (χ1v) is 10.2. The van der Waals surface area contributed by atoms with Crippen molar-refractivity contribution in [3.63, 3.8) is 0 Å². The van der Waals surface area contributed by atoms with Gasteiger partial charge in [0.15, 0.2) is 5.78 Å². The van der Waals surface area contributed by atoms with Crippen molar-refractivity contribution in [2.24, 2.45) is 5.73 Å². The van der Waals surface area contributed by atoms with Gasteiger partial charge < -0.3 is 16.4 Å². The highest BCUT2D eigenvalue weighted by Gasteiger charge is 2.29. The fourth-order valence-electron chi connectivity index (χ4n) is 3.65. The number of benzene rings is 3. The molecule has 0 spiro atoms. The molecule has 1 heterocycles. The average Bonchev–Trinajstić information content (AvgIpc) is 3.07. The molecular weight excluding hydrogens is 386 g/mol. The number of ketones is 1. The van der Waals surface area contributed by atoms with E-state index >= 15 is 0 Å². The Morgan fingerprint density at radius 3 is 2.23 bits per heavy atom. The molecule has 4 rings (SSSR count). The summed E-state index contributed by atoms with van der Waals surface area (Å²) in [5.41, 5.74) is 11.6. The fourth-order valence-corrected chi connectivity index (χ4v) is 3.65. The first kappa shape index (κ1) is 20.6. The number of Topliss-reactive ketones (excluding diaryl/α,β-unsaturated/α-hetero) is 1. The Kier molecular flexibility index (Phi) is 5.21.